The smallest absolute Gasteiger partial charge is 0.194 e. The van der Waals surface area contributed by atoms with E-state index in [0.29, 0.717) is 6.54 Å². The molecule has 1 aliphatic carbocycles. The van der Waals surface area contributed by atoms with E-state index in [1.165, 1.54) is 18.4 Å². The van der Waals surface area contributed by atoms with Crippen LogP contribution in [0, 0.1) is 0 Å². The highest BCUT2D eigenvalue weighted by molar-refractivity contribution is 6.30. The summed E-state index contributed by atoms with van der Waals surface area (Å²) in [5.74, 6) is 0.923. The number of guanidine groups is 1. The molecule has 4 nitrogen and oxygen atoms in total. The molecule has 1 saturated heterocycles. The van der Waals surface area contributed by atoms with Crippen molar-refractivity contribution in [3.8, 4) is 0 Å². The SMILES string of the molecule is CCNC(=NCC1(c2cccc(Cl)c2)CC1)N1CC[C@@H](O)C1. The summed E-state index contributed by atoms with van der Waals surface area (Å²) in [7, 11) is 0. The van der Waals surface area contributed by atoms with Crippen LogP contribution in [0.25, 0.3) is 0 Å². The second-order valence-corrected chi connectivity index (χ2v) is 6.79. The first-order chi connectivity index (χ1) is 10.6. The molecule has 1 aliphatic heterocycles. The van der Waals surface area contributed by atoms with Crippen molar-refractivity contribution in [2.24, 2.45) is 4.99 Å². The van der Waals surface area contributed by atoms with Gasteiger partial charge < -0.3 is 15.3 Å². The third-order valence-electron chi connectivity index (χ3n) is 4.62. The van der Waals surface area contributed by atoms with Gasteiger partial charge in [0.1, 0.15) is 0 Å². The van der Waals surface area contributed by atoms with Gasteiger partial charge in [0.05, 0.1) is 12.6 Å². The molecule has 5 heteroatoms. The number of β-amino-alcohol motifs (C(OH)–C–C–N with tert-alkyl or cyclic N) is 1. The number of halogens is 1. The number of hydrogen-bond donors (Lipinski definition) is 2. The van der Waals surface area contributed by atoms with Gasteiger partial charge in [-0.15, -0.1) is 0 Å². The predicted octanol–water partition coefficient (Wildman–Crippen LogP) is 2.40. The van der Waals surface area contributed by atoms with Crippen molar-refractivity contribution >= 4 is 17.6 Å². The Morgan fingerprint density at radius 1 is 1.50 bits per heavy atom. The minimum Gasteiger partial charge on any atom is -0.391 e. The Bertz CT molecular complexity index is 557. The van der Waals surface area contributed by atoms with E-state index in [1.54, 1.807) is 0 Å². The van der Waals surface area contributed by atoms with Crippen LogP contribution in [0.3, 0.4) is 0 Å². The van der Waals surface area contributed by atoms with Crippen molar-refractivity contribution in [2.45, 2.75) is 37.7 Å². The number of benzene rings is 1. The summed E-state index contributed by atoms with van der Waals surface area (Å²) in [5, 5.41) is 13.9. The Morgan fingerprint density at radius 2 is 2.32 bits per heavy atom. The van der Waals surface area contributed by atoms with Gasteiger partial charge in [0.25, 0.3) is 0 Å². The van der Waals surface area contributed by atoms with Crippen LogP contribution >= 0.6 is 11.6 Å². The summed E-state index contributed by atoms with van der Waals surface area (Å²) in [6.45, 7) is 5.25. The van der Waals surface area contributed by atoms with Gasteiger partial charge in [-0.25, -0.2) is 0 Å². The Hall–Kier alpha value is -1.26. The average molecular weight is 322 g/mol. The summed E-state index contributed by atoms with van der Waals surface area (Å²) in [6.07, 6.45) is 2.92. The highest BCUT2D eigenvalue weighted by Gasteiger charge is 2.44. The number of nitrogens with one attached hydrogen (secondary N) is 1. The fourth-order valence-corrected chi connectivity index (χ4v) is 3.28. The van der Waals surface area contributed by atoms with Crippen molar-refractivity contribution in [1.82, 2.24) is 10.2 Å². The molecule has 2 fully saturated rings. The number of aliphatic hydroxyl groups is 1. The Labute approximate surface area is 137 Å². The quantitative estimate of drug-likeness (QED) is 0.661. The zero-order valence-corrected chi connectivity index (χ0v) is 13.8. The van der Waals surface area contributed by atoms with Gasteiger partial charge in [-0.05, 0) is 43.9 Å². The van der Waals surface area contributed by atoms with E-state index in [4.69, 9.17) is 16.6 Å². The normalized spacial score (nSPS) is 23.7. The molecule has 0 radical (unpaired) electrons. The molecule has 0 aromatic heterocycles. The summed E-state index contributed by atoms with van der Waals surface area (Å²) >= 11 is 6.13. The number of aliphatic imine (C=N–C) groups is 1. The monoisotopic (exact) mass is 321 g/mol. The average Bonchev–Trinajstić information content (AvgIpc) is 3.18. The molecule has 0 unspecified atom stereocenters. The van der Waals surface area contributed by atoms with Crippen molar-refractivity contribution < 1.29 is 5.11 Å². The van der Waals surface area contributed by atoms with Crippen LogP contribution < -0.4 is 5.32 Å². The van der Waals surface area contributed by atoms with Crippen molar-refractivity contribution in [1.29, 1.82) is 0 Å². The lowest BCUT2D eigenvalue weighted by Gasteiger charge is -2.22. The zero-order valence-electron chi connectivity index (χ0n) is 13.1. The molecule has 0 spiro atoms. The number of nitrogens with zero attached hydrogens (tertiary/aromatic N) is 2. The second-order valence-electron chi connectivity index (χ2n) is 6.35. The number of rotatable bonds is 4. The lowest BCUT2D eigenvalue weighted by atomic mass is 9.96. The molecule has 120 valence electrons. The maximum atomic E-state index is 9.73. The van der Waals surface area contributed by atoms with E-state index in [9.17, 15) is 5.11 Å². The molecule has 1 heterocycles. The van der Waals surface area contributed by atoms with E-state index in [1.807, 2.05) is 12.1 Å². The molecule has 1 atom stereocenters. The van der Waals surface area contributed by atoms with Crippen LogP contribution in [0.2, 0.25) is 5.02 Å². The molecule has 3 rings (SSSR count). The maximum Gasteiger partial charge on any atom is 0.194 e. The molecule has 2 aliphatic rings. The van der Waals surface area contributed by atoms with E-state index >= 15 is 0 Å². The van der Waals surface area contributed by atoms with Crippen LogP contribution in [0.4, 0.5) is 0 Å². The number of likely N-dealkylation sites (tertiary alicyclic amines) is 1. The molecular formula is C17H24ClN3O. The summed E-state index contributed by atoms with van der Waals surface area (Å²) in [4.78, 5) is 7.00. The lowest BCUT2D eigenvalue weighted by Crippen LogP contribution is -2.41. The fraction of sp³-hybridized carbons (Fsp3) is 0.588. The Balaban J connectivity index is 1.73. The number of hydrogen-bond acceptors (Lipinski definition) is 2. The summed E-state index contributed by atoms with van der Waals surface area (Å²) in [6, 6.07) is 8.15. The highest BCUT2D eigenvalue weighted by Crippen LogP contribution is 2.48. The minimum atomic E-state index is -0.230. The van der Waals surface area contributed by atoms with Crippen LogP contribution in [0.5, 0.6) is 0 Å². The fourth-order valence-electron chi connectivity index (χ4n) is 3.09. The third kappa shape index (κ3) is 3.39. The molecule has 0 bridgehead atoms. The Kier molecular flexibility index (Phi) is 4.59. The van der Waals surface area contributed by atoms with Crippen molar-refractivity contribution in [3.63, 3.8) is 0 Å². The van der Waals surface area contributed by atoms with E-state index in [2.05, 4.69) is 29.3 Å². The zero-order chi connectivity index (χ0) is 15.6. The van der Waals surface area contributed by atoms with Crippen LogP contribution in [-0.4, -0.2) is 48.2 Å². The Morgan fingerprint density at radius 3 is 2.91 bits per heavy atom. The highest BCUT2D eigenvalue weighted by atomic mass is 35.5. The van der Waals surface area contributed by atoms with Crippen LogP contribution in [0.15, 0.2) is 29.3 Å². The van der Waals surface area contributed by atoms with Crippen LogP contribution in [0.1, 0.15) is 31.7 Å². The summed E-state index contributed by atoms with van der Waals surface area (Å²) in [5.41, 5.74) is 1.45. The number of aliphatic hydroxyl groups excluding tert-OH is 1. The van der Waals surface area contributed by atoms with Gasteiger partial charge in [0.15, 0.2) is 5.96 Å². The van der Waals surface area contributed by atoms with Gasteiger partial charge in [-0.1, -0.05) is 23.7 Å². The van der Waals surface area contributed by atoms with E-state index < -0.39 is 0 Å². The molecule has 0 amide bonds. The van der Waals surface area contributed by atoms with Gasteiger partial charge in [-0.2, -0.15) is 0 Å². The molecule has 2 N–H and O–H groups in total. The largest absolute Gasteiger partial charge is 0.391 e. The van der Waals surface area contributed by atoms with E-state index in [-0.39, 0.29) is 11.5 Å². The molecule has 22 heavy (non-hydrogen) atoms. The standard InChI is InChI=1S/C17H24ClN3O/c1-2-19-16(21-9-6-15(22)11-21)20-12-17(7-8-17)13-4-3-5-14(18)10-13/h3-5,10,15,22H,2,6-9,11-12H2,1H3,(H,19,20)/t15-/m1/s1. The van der Waals surface area contributed by atoms with Crippen molar-refractivity contribution in [2.75, 3.05) is 26.2 Å². The topological polar surface area (TPSA) is 47.9 Å². The van der Waals surface area contributed by atoms with Gasteiger partial charge in [-0.3, -0.25) is 4.99 Å². The predicted molar refractivity (Wildman–Crippen MR) is 90.5 cm³/mol. The van der Waals surface area contributed by atoms with Gasteiger partial charge in [0, 0.05) is 30.1 Å². The molecule has 1 saturated carbocycles. The first-order valence-electron chi connectivity index (χ1n) is 8.10. The van der Waals surface area contributed by atoms with E-state index in [0.717, 1.165) is 37.0 Å². The third-order valence-corrected chi connectivity index (χ3v) is 4.85. The molecule has 1 aromatic carbocycles. The molecule has 1 aromatic rings. The van der Waals surface area contributed by atoms with Crippen LogP contribution in [-0.2, 0) is 5.41 Å². The maximum absolute atomic E-state index is 9.73. The first-order valence-corrected chi connectivity index (χ1v) is 8.48. The minimum absolute atomic E-state index is 0.157. The van der Waals surface area contributed by atoms with Gasteiger partial charge in [0.2, 0.25) is 0 Å². The van der Waals surface area contributed by atoms with Crippen molar-refractivity contribution in [3.05, 3.63) is 34.9 Å². The van der Waals surface area contributed by atoms with Gasteiger partial charge >= 0.3 is 0 Å². The summed E-state index contributed by atoms with van der Waals surface area (Å²) < 4.78 is 0. The first kappa shape index (κ1) is 15.6. The molecular weight excluding hydrogens is 298 g/mol. The lowest BCUT2D eigenvalue weighted by molar-refractivity contribution is 0.188. The second kappa shape index (κ2) is 6.47.